The Labute approximate surface area is 185 Å². The molecule has 0 radical (unpaired) electrons. The van der Waals surface area contributed by atoms with Crippen molar-refractivity contribution in [1.82, 2.24) is 18.6 Å². The molecule has 0 fully saturated rings. The standard InChI is InChI=1S/C24H24F2N4S/c1-29(2)31-28-12-9-19-15-30(16-20-3-5-21(25)14-23(20)26)24-13-18(4-6-22(19)24)17-7-10-27-11-8-17/h3-8,10-11,13-15,28H,9,12,16H2,1-2H3. The number of nitrogens with one attached hydrogen (secondary N) is 1. The third kappa shape index (κ3) is 5.12. The Bertz CT molecular complexity index is 1180. The molecule has 0 atom stereocenters. The molecule has 0 spiro atoms. The summed E-state index contributed by atoms with van der Waals surface area (Å²) in [6.45, 7) is 1.14. The van der Waals surface area contributed by atoms with Crippen LogP contribution in [0.2, 0.25) is 0 Å². The van der Waals surface area contributed by atoms with Crippen molar-refractivity contribution in [3.63, 3.8) is 0 Å². The molecular formula is C24H24F2N4S. The maximum atomic E-state index is 14.3. The molecule has 7 heteroatoms. The number of rotatable bonds is 8. The fraction of sp³-hybridized carbons (Fsp3) is 0.208. The molecule has 0 aliphatic rings. The number of pyridine rings is 1. The van der Waals surface area contributed by atoms with Gasteiger partial charge in [-0.1, -0.05) is 18.2 Å². The van der Waals surface area contributed by atoms with Crippen LogP contribution in [-0.4, -0.2) is 34.5 Å². The highest BCUT2D eigenvalue weighted by Crippen LogP contribution is 2.29. The van der Waals surface area contributed by atoms with E-state index in [0.29, 0.717) is 12.1 Å². The van der Waals surface area contributed by atoms with Gasteiger partial charge in [0.15, 0.2) is 0 Å². The van der Waals surface area contributed by atoms with Crippen LogP contribution in [0.3, 0.4) is 0 Å². The van der Waals surface area contributed by atoms with Gasteiger partial charge in [-0.05, 0) is 61.5 Å². The van der Waals surface area contributed by atoms with E-state index in [9.17, 15) is 8.78 Å². The average molecular weight is 439 g/mol. The van der Waals surface area contributed by atoms with Crippen LogP contribution in [-0.2, 0) is 13.0 Å². The van der Waals surface area contributed by atoms with Crippen LogP contribution in [0.15, 0.2) is 67.1 Å². The maximum absolute atomic E-state index is 14.3. The Hall–Kier alpha value is -2.74. The van der Waals surface area contributed by atoms with Crippen LogP contribution in [0.25, 0.3) is 22.0 Å². The van der Waals surface area contributed by atoms with Gasteiger partial charge in [0.2, 0.25) is 0 Å². The van der Waals surface area contributed by atoms with E-state index in [1.165, 1.54) is 17.7 Å². The first kappa shape index (κ1) is 21.5. The molecule has 4 rings (SSSR count). The van der Waals surface area contributed by atoms with E-state index in [-0.39, 0.29) is 0 Å². The number of benzene rings is 2. The second-order valence-electron chi connectivity index (χ2n) is 7.53. The predicted molar refractivity (Wildman–Crippen MR) is 124 cm³/mol. The van der Waals surface area contributed by atoms with Crippen LogP contribution in [0.5, 0.6) is 0 Å². The summed E-state index contributed by atoms with van der Waals surface area (Å²) in [5, 5.41) is 1.14. The van der Waals surface area contributed by atoms with Crippen LogP contribution < -0.4 is 4.72 Å². The molecule has 1 N–H and O–H groups in total. The molecule has 0 aliphatic heterocycles. The van der Waals surface area contributed by atoms with E-state index in [4.69, 9.17) is 0 Å². The lowest BCUT2D eigenvalue weighted by Gasteiger charge is -2.09. The van der Waals surface area contributed by atoms with Crippen LogP contribution in [0, 0.1) is 11.6 Å². The SMILES string of the molecule is CN(C)SNCCc1cn(Cc2ccc(F)cc2F)c2cc(-c3ccncc3)ccc12. The highest BCUT2D eigenvalue weighted by molar-refractivity contribution is 7.95. The zero-order valence-electron chi connectivity index (χ0n) is 17.5. The highest BCUT2D eigenvalue weighted by atomic mass is 32.2. The zero-order valence-corrected chi connectivity index (χ0v) is 18.3. The number of fused-ring (bicyclic) bond motifs is 1. The lowest BCUT2D eigenvalue weighted by atomic mass is 10.0. The quantitative estimate of drug-likeness (QED) is 0.299. The van der Waals surface area contributed by atoms with Gasteiger partial charge in [0.05, 0.1) is 6.54 Å². The van der Waals surface area contributed by atoms with Gasteiger partial charge >= 0.3 is 0 Å². The average Bonchev–Trinajstić information content (AvgIpc) is 3.10. The number of hydrogen-bond donors (Lipinski definition) is 1. The summed E-state index contributed by atoms with van der Waals surface area (Å²) in [4.78, 5) is 4.09. The van der Waals surface area contributed by atoms with Gasteiger partial charge in [0.1, 0.15) is 11.6 Å². The number of aromatic nitrogens is 2. The first-order valence-corrected chi connectivity index (χ1v) is 10.8. The van der Waals surface area contributed by atoms with Gasteiger partial charge in [0.25, 0.3) is 0 Å². The Morgan fingerprint density at radius 1 is 0.968 bits per heavy atom. The van der Waals surface area contributed by atoms with Crippen molar-refractivity contribution in [1.29, 1.82) is 0 Å². The van der Waals surface area contributed by atoms with Crippen molar-refractivity contribution in [2.75, 3.05) is 20.6 Å². The van der Waals surface area contributed by atoms with E-state index < -0.39 is 11.6 Å². The first-order valence-electron chi connectivity index (χ1n) is 10.0. The molecule has 0 bridgehead atoms. The molecule has 0 saturated carbocycles. The predicted octanol–water partition coefficient (Wildman–Crippen LogP) is 5.29. The molecule has 4 nitrogen and oxygen atoms in total. The molecular weight excluding hydrogens is 414 g/mol. The van der Waals surface area contributed by atoms with Gasteiger partial charge in [-0.2, -0.15) is 0 Å². The van der Waals surface area contributed by atoms with Crippen molar-refractivity contribution < 1.29 is 8.78 Å². The molecule has 2 aromatic heterocycles. The van der Waals surface area contributed by atoms with Crippen molar-refractivity contribution in [3.05, 3.63) is 89.9 Å². The third-order valence-corrected chi connectivity index (χ3v) is 5.78. The maximum Gasteiger partial charge on any atom is 0.131 e. The fourth-order valence-corrected chi connectivity index (χ4v) is 4.07. The monoisotopic (exact) mass is 438 g/mol. The molecule has 4 aromatic rings. The second kappa shape index (κ2) is 9.60. The van der Waals surface area contributed by atoms with Gasteiger partial charge in [-0.3, -0.25) is 9.71 Å². The summed E-state index contributed by atoms with van der Waals surface area (Å²) in [6, 6.07) is 14.0. The fourth-order valence-electron chi connectivity index (χ4n) is 3.62. The van der Waals surface area contributed by atoms with Gasteiger partial charge in [0, 0.05) is 59.8 Å². The summed E-state index contributed by atoms with van der Waals surface area (Å²) < 4.78 is 35.1. The number of halogens is 2. The van der Waals surface area contributed by atoms with E-state index in [1.807, 2.05) is 35.1 Å². The molecule has 0 saturated heterocycles. The molecule has 2 heterocycles. The van der Waals surface area contributed by atoms with Crippen molar-refractivity contribution in [2.45, 2.75) is 13.0 Å². The highest BCUT2D eigenvalue weighted by Gasteiger charge is 2.13. The molecule has 2 aromatic carbocycles. The minimum Gasteiger partial charge on any atom is -0.343 e. The molecule has 0 amide bonds. The molecule has 160 valence electrons. The Balaban J connectivity index is 1.70. The minimum atomic E-state index is -0.566. The van der Waals surface area contributed by atoms with E-state index in [1.54, 1.807) is 24.5 Å². The summed E-state index contributed by atoms with van der Waals surface area (Å²) in [7, 11) is 3.98. The van der Waals surface area contributed by atoms with Crippen molar-refractivity contribution in [3.8, 4) is 11.1 Å². The minimum absolute atomic E-state index is 0.336. The molecule has 0 aliphatic carbocycles. The van der Waals surface area contributed by atoms with Gasteiger partial charge in [-0.15, -0.1) is 0 Å². The molecule has 0 unspecified atom stereocenters. The lowest BCUT2D eigenvalue weighted by molar-refractivity contribution is 0.567. The van der Waals surface area contributed by atoms with E-state index >= 15 is 0 Å². The Kier molecular flexibility index (Phi) is 6.65. The lowest BCUT2D eigenvalue weighted by Crippen LogP contribution is -2.15. The van der Waals surface area contributed by atoms with E-state index in [2.05, 4.69) is 34.1 Å². The van der Waals surface area contributed by atoms with Gasteiger partial charge < -0.3 is 4.57 Å². The largest absolute Gasteiger partial charge is 0.343 e. The zero-order chi connectivity index (χ0) is 21.8. The summed E-state index contributed by atoms with van der Waals surface area (Å²) in [5.41, 5.74) is 4.81. The van der Waals surface area contributed by atoms with Crippen molar-refractivity contribution in [2.24, 2.45) is 0 Å². The summed E-state index contributed by atoms with van der Waals surface area (Å²) in [6.07, 6.45) is 6.45. The van der Waals surface area contributed by atoms with Crippen molar-refractivity contribution >= 4 is 23.0 Å². The summed E-state index contributed by atoms with van der Waals surface area (Å²) >= 11 is 1.55. The smallest absolute Gasteiger partial charge is 0.131 e. The first-order chi connectivity index (χ1) is 15.0. The van der Waals surface area contributed by atoms with Crippen LogP contribution in [0.1, 0.15) is 11.1 Å². The third-order valence-electron chi connectivity index (χ3n) is 5.08. The topological polar surface area (TPSA) is 33.1 Å². The summed E-state index contributed by atoms with van der Waals surface area (Å²) in [5.74, 6) is -1.10. The van der Waals surface area contributed by atoms with Crippen LogP contribution in [0.4, 0.5) is 8.78 Å². The second-order valence-corrected chi connectivity index (χ2v) is 8.74. The number of hydrogen-bond acceptors (Lipinski definition) is 4. The molecule has 31 heavy (non-hydrogen) atoms. The number of nitrogens with zero attached hydrogens (tertiary/aromatic N) is 3. The van der Waals surface area contributed by atoms with Crippen LogP contribution >= 0.6 is 12.1 Å². The van der Waals surface area contributed by atoms with E-state index in [0.717, 1.165) is 41.1 Å². The Morgan fingerprint density at radius 2 is 1.77 bits per heavy atom. The Morgan fingerprint density at radius 3 is 2.52 bits per heavy atom. The normalized spacial score (nSPS) is 11.5. The van der Waals surface area contributed by atoms with Gasteiger partial charge in [-0.25, -0.2) is 13.1 Å².